The second-order valence-electron chi connectivity index (χ2n) is 46.4. The number of thiophene rings is 1. The average Bonchev–Trinajstić information content (AvgIpc) is 1.51. The lowest BCUT2D eigenvalue weighted by Crippen LogP contribution is -2.55. The van der Waals surface area contributed by atoms with Crippen molar-refractivity contribution in [1.29, 1.82) is 0 Å². The Morgan fingerprint density at radius 1 is 0.193 bits per heavy atom. The van der Waals surface area contributed by atoms with Gasteiger partial charge in [0.15, 0.2) is 5.58 Å². The molecule has 12 fully saturated rings. The number of hydrogen-bond acceptors (Lipinski definition) is 6. The molecule has 0 N–H and O–H groups in total. The van der Waals surface area contributed by atoms with E-state index in [2.05, 4.69) is 458 Å². The highest BCUT2D eigenvalue weighted by molar-refractivity contribution is 7.26. The van der Waals surface area contributed by atoms with E-state index in [4.69, 9.17) is 8.83 Å². The van der Waals surface area contributed by atoms with Crippen molar-refractivity contribution in [2.45, 2.75) is 113 Å². The predicted molar refractivity (Wildman–Crippen MR) is 622 cm³/mol. The molecule has 3 heterocycles. The molecule has 12 saturated carbocycles. The lowest BCUT2D eigenvalue weighted by Gasteiger charge is -2.61. The molecule has 724 valence electrons. The van der Waals surface area contributed by atoms with Gasteiger partial charge in [-0.15, -0.1) is 11.3 Å². The third-order valence-electron chi connectivity index (χ3n) is 39.2. The fourth-order valence-corrected chi connectivity index (χ4v) is 35.3. The third kappa shape index (κ3) is 13.2. The molecule has 0 amide bonds. The Hall–Kier alpha value is -15.6. The first-order valence-electron chi connectivity index (χ1n) is 55.6. The summed E-state index contributed by atoms with van der Waals surface area (Å²) in [5, 5.41) is 7.25. The van der Waals surface area contributed by atoms with Crippen LogP contribution in [0.1, 0.15) is 130 Å². The molecule has 37 rings (SSSR count). The van der Waals surface area contributed by atoms with Crippen LogP contribution in [0.5, 0.6) is 0 Å². The number of para-hydroxylation sites is 3. The van der Waals surface area contributed by atoms with Crippen molar-refractivity contribution >= 4 is 127 Å². The number of nitrogens with zero attached hydrogens (tertiary/aromatic N) is 3. The van der Waals surface area contributed by atoms with E-state index in [1.807, 2.05) is 11.3 Å². The molecule has 0 saturated heterocycles. The Morgan fingerprint density at radius 3 is 0.967 bits per heavy atom. The summed E-state index contributed by atoms with van der Waals surface area (Å²) in [6.07, 6.45) is 21.2. The van der Waals surface area contributed by atoms with E-state index in [0.29, 0.717) is 0 Å². The van der Waals surface area contributed by atoms with E-state index in [0.717, 1.165) is 138 Å². The Kier molecular flexibility index (Phi) is 19.9. The normalized spacial score (nSPS) is 24.2. The van der Waals surface area contributed by atoms with Gasteiger partial charge in [-0.05, 0) is 394 Å². The van der Waals surface area contributed by atoms with Gasteiger partial charge in [-0.1, -0.05) is 328 Å². The van der Waals surface area contributed by atoms with Crippen molar-refractivity contribution in [2.24, 2.45) is 71.0 Å². The molecular weight excluding hydrogens is 1840 g/mol. The smallest absolute Gasteiger partial charge is 0.159 e. The van der Waals surface area contributed by atoms with Gasteiger partial charge in [0.25, 0.3) is 0 Å². The molecule has 3 spiro atoms. The van der Waals surface area contributed by atoms with Crippen molar-refractivity contribution in [1.82, 2.24) is 0 Å². The third-order valence-corrected chi connectivity index (χ3v) is 40.4. The zero-order valence-electron chi connectivity index (χ0n) is 84.2. The summed E-state index contributed by atoms with van der Waals surface area (Å²) in [7, 11) is 0. The van der Waals surface area contributed by atoms with Crippen molar-refractivity contribution < 1.29 is 8.83 Å². The van der Waals surface area contributed by atoms with E-state index in [1.165, 1.54) is 223 Å². The molecule has 0 atom stereocenters. The topological polar surface area (TPSA) is 36.0 Å². The van der Waals surface area contributed by atoms with Crippen LogP contribution in [0.15, 0.2) is 452 Å². The Morgan fingerprint density at radius 2 is 0.500 bits per heavy atom. The molecule has 3 aromatic heterocycles. The molecule has 0 unspecified atom stereocenters. The van der Waals surface area contributed by atoms with Gasteiger partial charge in [-0.3, -0.25) is 0 Å². The van der Waals surface area contributed by atoms with Crippen LogP contribution in [0.25, 0.3) is 142 Å². The van der Waals surface area contributed by atoms with Crippen molar-refractivity contribution in [3.8, 4) is 77.9 Å². The number of anilines is 9. The SMILES string of the molecule is c1ccc(-c2ccc(-c3cccc(N(c4ccc5c(c4)-c4ccccc4C54C5CC6CC(C5)CC4C6)c4cccc5oc6ccccc6c45)c3)cc2)cc1.c1ccc(-c2ccc(N(c3ccc4c(c3)-c3ccccc3C43C4CC5CC(C4)CC3C5)c3cccc4c3oc3ccccc34)cc2)cc1.c1ccc(-c2ccc(N(c3ccc4c(c3)-c3ccccc3C43C4CC5CC(C4)CC3C5)c3cccc4c3sc3ccccc34)cc2)cc1. The summed E-state index contributed by atoms with van der Waals surface area (Å²) in [4.78, 5) is 7.43. The molecule has 19 aromatic carbocycles. The highest BCUT2D eigenvalue weighted by atomic mass is 32.1. The van der Waals surface area contributed by atoms with Crippen LogP contribution >= 0.6 is 11.3 Å². The van der Waals surface area contributed by atoms with Crippen molar-refractivity contribution in [3.63, 3.8) is 0 Å². The molecule has 15 aliphatic carbocycles. The monoisotopic (exact) mass is 1950 g/mol. The Bertz CT molecular complexity index is 8720. The minimum Gasteiger partial charge on any atom is -0.456 e. The van der Waals surface area contributed by atoms with Crippen molar-refractivity contribution in [2.75, 3.05) is 14.7 Å². The Balaban J connectivity index is 0.0000000995. The average molecular weight is 1950 g/mol. The zero-order chi connectivity index (χ0) is 98.2. The molecule has 0 radical (unpaired) electrons. The summed E-state index contributed by atoms with van der Waals surface area (Å²) >= 11 is 1.91. The Labute approximate surface area is 881 Å². The molecule has 12 bridgehead atoms. The molecular formula is C144H115N3O2S. The van der Waals surface area contributed by atoms with Gasteiger partial charge in [-0.25, -0.2) is 0 Å². The summed E-state index contributed by atoms with van der Waals surface area (Å²) < 4.78 is 15.8. The van der Waals surface area contributed by atoms with Gasteiger partial charge in [0.05, 0.1) is 27.1 Å². The van der Waals surface area contributed by atoms with Crippen LogP contribution < -0.4 is 14.7 Å². The van der Waals surface area contributed by atoms with Gasteiger partial charge in [-0.2, -0.15) is 0 Å². The van der Waals surface area contributed by atoms with E-state index in [-0.39, 0.29) is 16.2 Å². The van der Waals surface area contributed by atoms with E-state index < -0.39 is 0 Å². The van der Waals surface area contributed by atoms with E-state index in [1.54, 1.807) is 33.4 Å². The number of rotatable bonds is 13. The second-order valence-corrected chi connectivity index (χ2v) is 47.5. The number of fused-ring (bicyclic) bond motifs is 18. The summed E-state index contributed by atoms with van der Waals surface area (Å²) in [6.45, 7) is 0. The van der Waals surface area contributed by atoms with E-state index in [9.17, 15) is 0 Å². The second kappa shape index (κ2) is 34.2. The van der Waals surface area contributed by atoms with Crippen molar-refractivity contribution in [3.05, 3.63) is 476 Å². The maximum Gasteiger partial charge on any atom is 0.159 e. The largest absolute Gasteiger partial charge is 0.456 e. The summed E-state index contributed by atoms with van der Waals surface area (Å²) in [5.74, 6) is 10.2. The first-order chi connectivity index (χ1) is 74.2. The number of furan rings is 2. The number of benzene rings is 19. The highest BCUT2D eigenvalue weighted by Gasteiger charge is 2.65. The molecule has 150 heavy (non-hydrogen) atoms. The first-order valence-corrected chi connectivity index (χ1v) is 56.5. The summed E-state index contributed by atoms with van der Waals surface area (Å²) in [5.41, 5.74) is 42.7. The zero-order valence-corrected chi connectivity index (χ0v) is 85.1. The molecule has 0 aliphatic heterocycles. The van der Waals surface area contributed by atoms with Crippen LogP contribution in [0.2, 0.25) is 0 Å². The van der Waals surface area contributed by atoms with Crippen LogP contribution in [0.3, 0.4) is 0 Å². The van der Waals surface area contributed by atoms with Gasteiger partial charge >= 0.3 is 0 Å². The minimum absolute atomic E-state index is 0.148. The predicted octanol–water partition coefficient (Wildman–Crippen LogP) is 39.5. The number of hydrogen-bond donors (Lipinski definition) is 0. The minimum atomic E-state index is 0.148. The van der Waals surface area contributed by atoms with Crippen LogP contribution in [0.4, 0.5) is 51.2 Å². The van der Waals surface area contributed by atoms with Crippen LogP contribution in [0, 0.1) is 71.0 Å². The fraction of sp³-hybridized carbons (Fsp3) is 0.208. The van der Waals surface area contributed by atoms with Gasteiger partial charge < -0.3 is 23.5 Å². The van der Waals surface area contributed by atoms with Crippen LogP contribution in [-0.4, -0.2) is 0 Å². The highest BCUT2D eigenvalue weighted by Crippen LogP contribution is 2.74. The maximum atomic E-state index is 6.66. The maximum absolute atomic E-state index is 6.66. The molecule has 22 aromatic rings. The standard InChI is InChI=1S/C52H41NO.C46H37NO.C46H37NS/c1-2-10-35(11-3-1)36-20-22-37(23-21-36)38-12-8-13-41(31-38)53(48-17-9-19-50-51(48)44-15-5-7-18-49(44)54-50)42-24-25-47-45(32-42)43-14-4-6-16-46(43)52(47)39-27-33-26-34(29-39)30-40(52)28-33;2*1-2-9-31(10-3-1)32-17-19-35(20-18-32)47(43-15-8-13-39-38-12-5-7-16-44(38)48-45(39)43)36-21-22-42-40(28-36)37-11-4-6-14-41(37)46(42)33-24-29-23-30(26-33)27-34(46)25-29/h1-25,31-34,39-40H,26-30H2;2*1-22,28-30,33-34H,23-27H2. The first kappa shape index (κ1) is 87.4. The fourth-order valence-electron chi connectivity index (χ4n) is 34.1. The molecule has 6 heteroatoms. The lowest BCUT2D eigenvalue weighted by atomic mass is 9.43. The van der Waals surface area contributed by atoms with E-state index >= 15 is 0 Å². The quantitative estimate of drug-likeness (QED) is 0.115. The van der Waals surface area contributed by atoms with Gasteiger partial charge in [0.2, 0.25) is 0 Å². The molecule has 15 aliphatic rings. The van der Waals surface area contributed by atoms with Gasteiger partial charge in [0.1, 0.15) is 16.7 Å². The molecule has 5 nitrogen and oxygen atoms in total. The lowest BCUT2D eigenvalue weighted by molar-refractivity contribution is -0.0399. The van der Waals surface area contributed by atoms with Gasteiger partial charge in [0, 0.05) is 82.0 Å². The van der Waals surface area contributed by atoms with Crippen LogP contribution in [-0.2, 0) is 16.2 Å². The summed E-state index contributed by atoms with van der Waals surface area (Å²) in [6, 6.07) is 165.